The maximum Gasteiger partial charge on any atom is 0.271 e. The average molecular weight is 434 g/mol. The van der Waals surface area contributed by atoms with Crippen molar-refractivity contribution in [1.29, 1.82) is 0 Å². The van der Waals surface area contributed by atoms with Crippen molar-refractivity contribution in [3.63, 3.8) is 0 Å². The van der Waals surface area contributed by atoms with Crippen LogP contribution in [0.2, 0.25) is 0 Å². The van der Waals surface area contributed by atoms with Gasteiger partial charge in [-0.3, -0.25) is 29.5 Å². The zero-order valence-corrected chi connectivity index (χ0v) is 18.1. The molecule has 2 amide bonds. The third-order valence-corrected chi connectivity index (χ3v) is 6.64. The van der Waals surface area contributed by atoms with Gasteiger partial charge in [0.25, 0.3) is 5.69 Å². The lowest BCUT2D eigenvalue weighted by Crippen LogP contribution is -2.64. The summed E-state index contributed by atoms with van der Waals surface area (Å²) in [7, 11) is 1.44. The number of benzene rings is 1. The molecule has 2 aliphatic rings. The topological polar surface area (TPSA) is 131 Å². The van der Waals surface area contributed by atoms with Crippen molar-refractivity contribution in [3.05, 3.63) is 28.3 Å². The number of non-ortho nitro benzene ring substituents is 1. The van der Waals surface area contributed by atoms with Gasteiger partial charge in [0.05, 0.1) is 23.8 Å². The second-order valence-corrected chi connectivity index (χ2v) is 8.29. The van der Waals surface area contributed by atoms with Crippen LogP contribution in [0.5, 0.6) is 5.75 Å². The van der Waals surface area contributed by atoms with Gasteiger partial charge in [-0.25, -0.2) is 0 Å². The molecule has 3 N–H and O–H groups in total. The van der Waals surface area contributed by atoms with Gasteiger partial charge in [0, 0.05) is 38.3 Å². The number of nitrogens with one attached hydrogen (secondary N) is 1. The molecule has 0 bridgehead atoms. The molecule has 0 spiro atoms. The Morgan fingerprint density at radius 1 is 1.19 bits per heavy atom. The van der Waals surface area contributed by atoms with Gasteiger partial charge in [-0.15, -0.1) is 0 Å². The predicted octanol–water partition coefficient (Wildman–Crippen LogP) is 1.74. The van der Waals surface area contributed by atoms with E-state index < -0.39 is 16.5 Å². The van der Waals surface area contributed by atoms with Crippen LogP contribution in [-0.4, -0.2) is 71.4 Å². The number of nitro groups is 1. The van der Waals surface area contributed by atoms with Gasteiger partial charge in [0.1, 0.15) is 11.3 Å². The van der Waals surface area contributed by atoms with E-state index in [0.29, 0.717) is 31.9 Å². The Morgan fingerprint density at radius 2 is 1.84 bits per heavy atom. The molecule has 1 saturated heterocycles. The van der Waals surface area contributed by atoms with Crippen LogP contribution in [0.4, 0.5) is 11.4 Å². The number of nitrogens with zero attached hydrogens (tertiary/aromatic N) is 3. The minimum atomic E-state index is -0.563. The molecule has 3 rings (SSSR count). The number of carbonyl (C=O) groups is 2. The average Bonchev–Trinajstić information content (AvgIpc) is 2.78. The van der Waals surface area contributed by atoms with E-state index in [-0.39, 0.29) is 23.2 Å². The molecule has 1 unspecified atom stereocenters. The summed E-state index contributed by atoms with van der Waals surface area (Å²) >= 11 is 0. The molecule has 1 aromatic rings. The molecule has 31 heavy (non-hydrogen) atoms. The first-order chi connectivity index (χ1) is 14.8. The quantitative estimate of drug-likeness (QED) is 0.494. The molecule has 1 aliphatic carbocycles. The number of rotatable bonds is 7. The fraction of sp³-hybridized carbons (Fsp3) is 0.619. The van der Waals surface area contributed by atoms with Crippen LogP contribution in [0.1, 0.15) is 39.0 Å². The molecule has 10 nitrogen and oxygen atoms in total. The predicted molar refractivity (Wildman–Crippen MR) is 116 cm³/mol. The summed E-state index contributed by atoms with van der Waals surface area (Å²) in [5.41, 5.74) is 5.38. The van der Waals surface area contributed by atoms with Gasteiger partial charge in [0.15, 0.2) is 0 Å². The molecule has 170 valence electrons. The summed E-state index contributed by atoms with van der Waals surface area (Å²) < 4.78 is 5.22. The van der Waals surface area contributed by atoms with Gasteiger partial charge in [-0.2, -0.15) is 0 Å². The van der Waals surface area contributed by atoms with E-state index in [1.807, 2.05) is 4.90 Å². The lowest BCUT2D eigenvalue weighted by Gasteiger charge is -2.48. The highest BCUT2D eigenvalue weighted by molar-refractivity contribution is 5.96. The first-order valence-electron chi connectivity index (χ1n) is 10.7. The third kappa shape index (κ3) is 4.80. The number of ether oxygens (including phenoxy) is 1. The highest BCUT2D eigenvalue weighted by Gasteiger charge is 2.44. The van der Waals surface area contributed by atoms with Crippen LogP contribution in [0.25, 0.3) is 0 Å². The SMILES string of the molecule is COc1ccc([N+](=O)[O-])cc1NC(=O)C(C)N1CCN(C2(C(N)=O)CCCCC2)CC1. The summed E-state index contributed by atoms with van der Waals surface area (Å²) in [4.78, 5) is 39.9. The minimum Gasteiger partial charge on any atom is -0.495 e. The third-order valence-electron chi connectivity index (χ3n) is 6.64. The van der Waals surface area contributed by atoms with Crippen molar-refractivity contribution in [2.24, 2.45) is 5.73 Å². The first-order valence-corrected chi connectivity index (χ1v) is 10.7. The fourth-order valence-electron chi connectivity index (χ4n) is 4.70. The van der Waals surface area contributed by atoms with E-state index >= 15 is 0 Å². The maximum absolute atomic E-state index is 12.8. The minimum absolute atomic E-state index is 0.124. The molecule has 2 fully saturated rings. The maximum atomic E-state index is 12.8. The molecule has 0 aromatic heterocycles. The van der Waals surface area contributed by atoms with Crippen molar-refractivity contribution in [2.75, 3.05) is 38.6 Å². The molecule has 1 heterocycles. The number of amides is 2. The zero-order valence-electron chi connectivity index (χ0n) is 18.1. The number of methoxy groups -OCH3 is 1. The number of hydrogen-bond donors (Lipinski definition) is 2. The van der Waals surface area contributed by atoms with E-state index in [0.717, 1.165) is 32.1 Å². The Bertz CT molecular complexity index is 831. The molecule has 1 aliphatic heterocycles. The van der Waals surface area contributed by atoms with E-state index in [1.54, 1.807) is 6.92 Å². The van der Waals surface area contributed by atoms with Crippen LogP contribution >= 0.6 is 0 Å². The molecule has 0 radical (unpaired) electrons. The zero-order chi connectivity index (χ0) is 22.6. The Kier molecular flexibility index (Phi) is 7.11. The monoisotopic (exact) mass is 433 g/mol. The van der Waals surface area contributed by atoms with Crippen molar-refractivity contribution in [2.45, 2.75) is 50.6 Å². The lowest BCUT2D eigenvalue weighted by molar-refractivity contribution is -0.384. The van der Waals surface area contributed by atoms with E-state index in [1.165, 1.54) is 25.3 Å². The van der Waals surface area contributed by atoms with Crippen molar-refractivity contribution < 1.29 is 19.2 Å². The van der Waals surface area contributed by atoms with Crippen molar-refractivity contribution in [1.82, 2.24) is 9.80 Å². The first kappa shape index (κ1) is 23.0. The van der Waals surface area contributed by atoms with Gasteiger partial charge in [-0.05, 0) is 25.8 Å². The molecule has 1 saturated carbocycles. The number of primary amides is 1. The smallest absolute Gasteiger partial charge is 0.271 e. The lowest BCUT2D eigenvalue weighted by atomic mass is 9.79. The summed E-state index contributed by atoms with van der Waals surface area (Å²) in [5, 5.41) is 13.8. The Labute approximate surface area is 181 Å². The van der Waals surface area contributed by atoms with Crippen LogP contribution < -0.4 is 15.8 Å². The van der Waals surface area contributed by atoms with Gasteiger partial charge in [0.2, 0.25) is 11.8 Å². The molecular formula is C21H31N5O5. The van der Waals surface area contributed by atoms with E-state index in [4.69, 9.17) is 10.5 Å². The Morgan fingerprint density at radius 3 is 2.39 bits per heavy atom. The Balaban J connectivity index is 1.64. The standard InChI is InChI=1S/C21H31N5O5/c1-15(19(27)23-17-14-16(26(29)30)6-7-18(17)31-2)24-10-12-25(13-11-24)21(20(22)28)8-4-3-5-9-21/h6-7,14-15H,3-5,8-13H2,1-2H3,(H2,22,28)(H,23,27). The summed E-state index contributed by atoms with van der Waals surface area (Å²) in [6, 6.07) is 3.64. The van der Waals surface area contributed by atoms with Crippen molar-refractivity contribution in [3.8, 4) is 5.75 Å². The number of nitrogens with two attached hydrogens (primary N) is 1. The number of hydrogen-bond acceptors (Lipinski definition) is 7. The van der Waals surface area contributed by atoms with Gasteiger partial charge >= 0.3 is 0 Å². The van der Waals surface area contributed by atoms with Crippen LogP contribution in [0.3, 0.4) is 0 Å². The number of piperazine rings is 1. The second-order valence-electron chi connectivity index (χ2n) is 8.29. The van der Waals surface area contributed by atoms with Crippen LogP contribution in [0.15, 0.2) is 18.2 Å². The van der Waals surface area contributed by atoms with E-state index in [2.05, 4.69) is 10.2 Å². The van der Waals surface area contributed by atoms with Crippen LogP contribution in [0, 0.1) is 10.1 Å². The Hall–Kier alpha value is -2.72. The molecule has 1 aromatic carbocycles. The highest BCUT2D eigenvalue weighted by atomic mass is 16.6. The number of carbonyl (C=O) groups excluding carboxylic acids is 2. The van der Waals surface area contributed by atoms with Crippen LogP contribution in [-0.2, 0) is 9.59 Å². The van der Waals surface area contributed by atoms with Gasteiger partial charge in [-0.1, -0.05) is 19.3 Å². The summed E-state index contributed by atoms with van der Waals surface area (Å²) in [5.74, 6) is -0.157. The number of nitro benzene ring substituents is 1. The summed E-state index contributed by atoms with van der Waals surface area (Å²) in [6.07, 6.45) is 4.74. The van der Waals surface area contributed by atoms with E-state index in [9.17, 15) is 19.7 Å². The fourth-order valence-corrected chi connectivity index (χ4v) is 4.70. The molecule has 1 atom stereocenters. The normalized spacial score (nSPS) is 20.6. The van der Waals surface area contributed by atoms with Gasteiger partial charge < -0.3 is 15.8 Å². The molecule has 10 heteroatoms. The highest BCUT2D eigenvalue weighted by Crippen LogP contribution is 2.34. The largest absolute Gasteiger partial charge is 0.495 e. The van der Waals surface area contributed by atoms with Crippen molar-refractivity contribution >= 4 is 23.2 Å². The second kappa shape index (κ2) is 9.61. The molecular weight excluding hydrogens is 402 g/mol. The number of anilines is 1. The summed E-state index contributed by atoms with van der Waals surface area (Å²) in [6.45, 7) is 4.41.